The second-order valence-corrected chi connectivity index (χ2v) is 2.45. The lowest BCUT2D eigenvalue weighted by molar-refractivity contribution is 0.478. The van der Waals surface area contributed by atoms with Crippen LogP contribution in [0.2, 0.25) is 5.02 Å². The molecule has 0 radical (unpaired) electrons. The Morgan fingerprint density at radius 1 is 1.55 bits per heavy atom. The molecule has 58 valence electrons. The minimum atomic E-state index is 0.161. The normalized spacial score (nSPS) is 9.18. The average molecular weight is 170 g/mol. The number of hydrogen-bond acceptors (Lipinski definition) is 2. The molecule has 0 aliphatic heterocycles. The van der Waals surface area contributed by atoms with Crippen LogP contribution in [0.4, 0.5) is 5.69 Å². The van der Waals surface area contributed by atoms with Gasteiger partial charge in [0.2, 0.25) is 0 Å². The molecule has 11 heavy (non-hydrogen) atoms. The van der Waals surface area contributed by atoms with Crippen molar-refractivity contribution in [2.24, 2.45) is 0 Å². The Kier molecular flexibility index (Phi) is 2.39. The predicted molar refractivity (Wildman–Crippen MR) is 46.9 cm³/mol. The molecule has 1 rings (SSSR count). The van der Waals surface area contributed by atoms with Crippen molar-refractivity contribution < 1.29 is 5.11 Å². The monoisotopic (exact) mass is 169 g/mol. The van der Waals surface area contributed by atoms with E-state index in [9.17, 15) is 5.11 Å². The van der Waals surface area contributed by atoms with Gasteiger partial charge < -0.3 is 10.4 Å². The molecule has 0 bridgehead atoms. The topological polar surface area (TPSA) is 32.3 Å². The maximum Gasteiger partial charge on any atom is 0.139 e. The minimum absolute atomic E-state index is 0.161. The van der Waals surface area contributed by atoms with Crippen LogP contribution in [-0.2, 0) is 0 Å². The third-order valence-corrected chi connectivity index (χ3v) is 1.45. The molecule has 2 nitrogen and oxygen atoms in total. The van der Waals surface area contributed by atoms with Crippen LogP contribution >= 0.6 is 11.6 Å². The van der Waals surface area contributed by atoms with E-state index in [4.69, 9.17) is 11.6 Å². The van der Waals surface area contributed by atoms with Crippen LogP contribution in [0, 0.1) is 0 Å². The van der Waals surface area contributed by atoms with Crippen molar-refractivity contribution >= 4 is 17.3 Å². The van der Waals surface area contributed by atoms with E-state index in [1.165, 1.54) is 12.3 Å². The highest BCUT2D eigenvalue weighted by molar-refractivity contribution is 6.30. The molecule has 0 aromatic heterocycles. The summed E-state index contributed by atoms with van der Waals surface area (Å²) in [5, 5.41) is 12.5. The summed E-state index contributed by atoms with van der Waals surface area (Å²) < 4.78 is 0. The molecule has 0 atom stereocenters. The molecule has 0 fully saturated rings. The molecule has 0 aliphatic carbocycles. The second kappa shape index (κ2) is 3.30. The van der Waals surface area contributed by atoms with Crippen LogP contribution < -0.4 is 5.32 Å². The van der Waals surface area contributed by atoms with Gasteiger partial charge >= 0.3 is 0 Å². The Morgan fingerprint density at radius 3 is 2.91 bits per heavy atom. The molecule has 0 aliphatic rings. The van der Waals surface area contributed by atoms with Crippen LogP contribution in [0.25, 0.3) is 0 Å². The van der Waals surface area contributed by atoms with Gasteiger partial charge in [-0.1, -0.05) is 18.2 Å². The number of phenolic OH excluding ortho intramolecular Hbond substituents is 1. The molecule has 0 heterocycles. The van der Waals surface area contributed by atoms with Crippen molar-refractivity contribution in [3.8, 4) is 5.75 Å². The first kappa shape index (κ1) is 7.95. The second-order valence-electron chi connectivity index (χ2n) is 2.01. The van der Waals surface area contributed by atoms with Crippen LogP contribution in [0.15, 0.2) is 31.0 Å². The van der Waals surface area contributed by atoms with Gasteiger partial charge in [-0.05, 0) is 24.4 Å². The van der Waals surface area contributed by atoms with Crippen LogP contribution in [0.5, 0.6) is 5.75 Å². The van der Waals surface area contributed by atoms with E-state index in [0.29, 0.717) is 10.7 Å². The number of rotatable bonds is 2. The van der Waals surface area contributed by atoms with E-state index >= 15 is 0 Å². The van der Waals surface area contributed by atoms with E-state index in [2.05, 4.69) is 11.9 Å². The van der Waals surface area contributed by atoms with Gasteiger partial charge in [0.1, 0.15) is 5.75 Å². The Labute approximate surface area is 70.1 Å². The number of nitrogens with one attached hydrogen (secondary N) is 1. The van der Waals surface area contributed by atoms with Gasteiger partial charge in [-0.25, -0.2) is 0 Å². The van der Waals surface area contributed by atoms with Gasteiger partial charge in [0, 0.05) is 5.02 Å². The maximum absolute atomic E-state index is 9.20. The molecule has 0 saturated carbocycles. The number of hydrogen-bond donors (Lipinski definition) is 2. The first-order chi connectivity index (χ1) is 5.24. The largest absolute Gasteiger partial charge is 0.506 e. The zero-order valence-electron chi connectivity index (χ0n) is 5.84. The molecule has 3 heteroatoms. The third kappa shape index (κ3) is 1.88. The first-order valence-corrected chi connectivity index (χ1v) is 3.48. The zero-order valence-corrected chi connectivity index (χ0v) is 6.60. The minimum Gasteiger partial charge on any atom is -0.506 e. The predicted octanol–water partition coefficient (Wildman–Crippen LogP) is 2.60. The Balaban J connectivity index is 3.01. The van der Waals surface area contributed by atoms with Gasteiger partial charge in [0.05, 0.1) is 5.69 Å². The Bertz CT molecular complexity index is 273. The Hall–Kier alpha value is -1.15. The van der Waals surface area contributed by atoms with Crippen molar-refractivity contribution in [1.29, 1.82) is 0 Å². The molecule has 0 unspecified atom stereocenters. The fraction of sp³-hybridized carbons (Fsp3) is 0. The highest BCUT2D eigenvalue weighted by atomic mass is 35.5. The van der Waals surface area contributed by atoms with Gasteiger partial charge in [0.15, 0.2) is 0 Å². The molecular weight excluding hydrogens is 162 g/mol. The lowest BCUT2D eigenvalue weighted by atomic mass is 10.3. The highest BCUT2D eigenvalue weighted by Crippen LogP contribution is 2.26. The molecule has 2 N–H and O–H groups in total. The summed E-state index contributed by atoms with van der Waals surface area (Å²) in [6.45, 7) is 3.46. The van der Waals surface area contributed by atoms with Crippen LogP contribution in [-0.4, -0.2) is 5.11 Å². The third-order valence-electron chi connectivity index (χ3n) is 1.22. The lowest BCUT2D eigenvalue weighted by Crippen LogP contribution is -1.85. The van der Waals surface area contributed by atoms with E-state index in [-0.39, 0.29) is 5.75 Å². The first-order valence-electron chi connectivity index (χ1n) is 3.10. The molecule has 0 amide bonds. The molecule has 1 aromatic carbocycles. The van der Waals surface area contributed by atoms with E-state index < -0.39 is 0 Å². The summed E-state index contributed by atoms with van der Waals surface area (Å²) in [7, 11) is 0. The van der Waals surface area contributed by atoms with Crippen molar-refractivity contribution in [2.75, 3.05) is 5.32 Å². The van der Waals surface area contributed by atoms with Gasteiger partial charge in [0.25, 0.3) is 0 Å². The smallest absolute Gasteiger partial charge is 0.139 e. The van der Waals surface area contributed by atoms with Crippen LogP contribution in [0.3, 0.4) is 0 Å². The maximum atomic E-state index is 9.20. The summed E-state index contributed by atoms with van der Waals surface area (Å²) >= 11 is 5.67. The number of aromatic hydroxyl groups is 1. The van der Waals surface area contributed by atoms with Crippen molar-refractivity contribution in [2.45, 2.75) is 0 Å². The van der Waals surface area contributed by atoms with Crippen LogP contribution in [0.1, 0.15) is 0 Å². The van der Waals surface area contributed by atoms with Gasteiger partial charge in [-0.15, -0.1) is 0 Å². The summed E-state index contributed by atoms with van der Waals surface area (Å²) in [5.41, 5.74) is 0.563. The van der Waals surface area contributed by atoms with E-state index in [1.54, 1.807) is 12.1 Å². The quantitative estimate of drug-likeness (QED) is 0.667. The number of anilines is 1. The summed E-state index contributed by atoms with van der Waals surface area (Å²) in [6.07, 6.45) is 1.48. The van der Waals surface area contributed by atoms with Crippen molar-refractivity contribution in [3.05, 3.63) is 36.0 Å². The summed E-state index contributed by atoms with van der Waals surface area (Å²) in [6, 6.07) is 4.76. The standard InChI is InChI=1S/C8H8ClNO/c1-2-10-7-5-6(9)3-4-8(7)11/h2-5,10-11H,1H2. The van der Waals surface area contributed by atoms with Gasteiger partial charge in [-0.3, -0.25) is 0 Å². The highest BCUT2D eigenvalue weighted by Gasteiger charge is 1.97. The lowest BCUT2D eigenvalue weighted by Gasteiger charge is -2.02. The van der Waals surface area contributed by atoms with Gasteiger partial charge in [-0.2, -0.15) is 0 Å². The molecular formula is C8H8ClNO. The number of phenols is 1. The molecule has 1 aromatic rings. The SMILES string of the molecule is C=CNc1cc(Cl)ccc1O. The number of halogens is 1. The fourth-order valence-corrected chi connectivity index (χ4v) is 0.906. The zero-order chi connectivity index (χ0) is 8.27. The summed E-state index contributed by atoms with van der Waals surface area (Å²) in [5.74, 6) is 0.161. The fourth-order valence-electron chi connectivity index (χ4n) is 0.734. The van der Waals surface area contributed by atoms with Crippen molar-refractivity contribution in [3.63, 3.8) is 0 Å². The van der Waals surface area contributed by atoms with E-state index in [1.807, 2.05) is 0 Å². The Morgan fingerprint density at radius 2 is 2.27 bits per heavy atom. The van der Waals surface area contributed by atoms with Crippen molar-refractivity contribution in [1.82, 2.24) is 0 Å². The number of benzene rings is 1. The molecule has 0 spiro atoms. The van der Waals surface area contributed by atoms with E-state index in [0.717, 1.165) is 0 Å². The summed E-state index contributed by atoms with van der Waals surface area (Å²) in [4.78, 5) is 0. The average Bonchev–Trinajstić information content (AvgIpc) is 1.98. The molecule has 0 saturated heterocycles.